The Hall–Kier alpha value is -3.03. The van der Waals surface area contributed by atoms with Crippen molar-refractivity contribution in [2.24, 2.45) is 0 Å². The Bertz CT molecular complexity index is 856. The topological polar surface area (TPSA) is 106 Å². The van der Waals surface area contributed by atoms with Gasteiger partial charge >= 0.3 is 0 Å². The molecule has 4 aliphatic rings. The molecule has 122 valence electrons. The van der Waals surface area contributed by atoms with Gasteiger partial charge in [0.1, 0.15) is 11.1 Å². The van der Waals surface area contributed by atoms with Crippen LogP contribution in [0.4, 0.5) is 11.4 Å². The van der Waals surface area contributed by atoms with Crippen molar-refractivity contribution in [1.82, 2.24) is 10.6 Å². The van der Waals surface area contributed by atoms with Gasteiger partial charge in [0, 0.05) is 35.9 Å². The second-order valence-electron chi connectivity index (χ2n) is 6.23. The van der Waals surface area contributed by atoms with Crippen LogP contribution in [-0.2, 0) is 14.9 Å². The number of ether oxygens (including phenoxy) is 1. The molecule has 0 unspecified atom stereocenters. The molecular weight excluding hydrogens is 312 g/mol. The molecule has 1 aromatic rings. The molecule has 0 atom stereocenters. The van der Waals surface area contributed by atoms with Crippen LogP contribution >= 0.6 is 0 Å². The Morgan fingerprint density at radius 2 is 1.79 bits per heavy atom. The van der Waals surface area contributed by atoms with E-state index in [1.54, 1.807) is 12.1 Å². The lowest BCUT2D eigenvalue weighted by Gasteiger charge is -2.34. The number of nitrogens with one attached hydrogen (secondary N) is 3. The maximum absolute atomic E-state index is 13.2. The van der Waals surface area contributed by atoms with E-state index in [2.05, 4.69) is 16.0 Å². The Kier molecular flexibility index (Phi) is 2.39. The van der Waals surface area contributed by atoms with Crippen LogP contribution in [0.3, 0.4) is 0 Å². The summed E-state index contributed by atoms with van der Waals surface area (Å²) in [5.41, 5.74) is 1.59. The number of carbonyl (C=O) groups excluding carboxylic acids is 1. The van der Waals surface area contributed by atoms with Gasteiger partial charge in [0.05, 0.1) is 4.92 Å². The molecular formula is C16H14N4O4. The fourth-order valence-electron chi connectivity index (χ4n) is 4.30. The van der Waals surface area contributed by atoms with Gasteiger partial charge < -0.3 is 20.7 Å². The lowest BCUT2D eigenvalue weighted by molar-refractivity contribution is -0.383. The summed E-state index contributed by atoms with van der Waals surface area (Å²) in [6, 6.07) is 4.86. The second-order valence-corrected chi connectivity index (χ2v) is 6.23. The van der Waals surface area contributed by atoms with Gasteiger partial charge in [-0.2, -0.15) is 0 Å². The minimum Gasteiger partial charge on any atom is -0.425 e. The first-order valence-electron chi connectivity index (χ1n) is 7.86. The number of nitrogens with zero attached hydrogens (tertiary/aromatic N) is 1. The molecule has 0 fully saturated rings. The first kappa shape index (κ1) is 13.4. The number of para-hydroxylation sites is 1. The lowest BCUT2D eigenvalue weighted by atomic mass is 9.67. The third-order valence-corrected chi connectivity index (χ3v) is 5.20. The molecule has 1 aromatic carbocycles. The molecule has 4 heterocycles. The highest BCUT2D eigenvalue weighted by Gasteiger charge is 2.59. The molecule has 8 heteroatoms. The maximum atomic E-state index is 13.2. The number of benzene rings is 1. The second kappa shape index (κ2) is 4.28. The number of amides is 1. The minimum absolute atomic E-state index is 0.0783. The van der Waals surface area contributed by atoms with Crippen molar-refractivity contribution in [2.75, 3.05) is 18.4 Å². The standard InChI is InChI=1S/C16H14N4O4/c21-15-16(8-2-1-3-11(20(22)23)12(8)19-15)9-4-6-17-13(9)24-14-10(16)5-7-18-14/h1-3,17-18H,4-7H2,(H,19,21). The molecule has 24 heavy (non-hydrogen) atoms. The number of hydrogen-bond acceptors (Lipinski definition) is 6. The van der Waals surface area contributed by atoms with Gasteiger partial charge in [-0.25, -0.2) is 0 Å². The summed E-state index contributed by atoms with van der Waals surface area (Å²) in [5.74, 6) is 0.956. The van der Waals surface area contributed by atoms with Crippen molar-refractivity contribution in [1.29, 1.82) is 0 Å². The van der Waals surface area contributed by atoms with E-state index in [1.807, 2.05) is 0 Å². The highest BCUT2D eigenvalue weighted by atomic mass is 16.6. The van der Waals surface area contributed by atoms with Crippen LogP contribution in [0.5, 0.6) is 0 Å². The summed E-state index contributed by atoms with van der Waals surface area (Å²) in [7, 11) is 0. The van der Waals surface area contributed by atoms with Crippen LogP contribution in [-0.4, -0.2) is 23.9 Å². The van der Waals surface area contributed by atoms with Crippen LogP contribution in [0.1, 0.15) is 18.4 Å². The van der Waals surface area contributed by atoms with Gasteiger partial charge in [-0.3, -0.25) is 14.9 Å². The first-order chi connectivity index (χ1) is 11.6. The van der Waals surface area contributed by atoms with Crippen molar-refractivity contribution < 1.29 is 14.5 Å². The first-order valence-corrected chi connectivity index (χ1v) is 7.86. The predicted octanol–water partition coefficient (Wildman–Crippen LogP) is 1.22. The van der Waals surface area contributed by atoms with Crippen LogP contribution in [0.25, 0.3) is 0 Å². The quantitative estimate of drug-likeness (QED) is 0.529. The van der Waals surface area contributed by atoms with Crippen molar-refractivity contribution in [2.45, 2.75) is 18.3 Å². The molecule has 5 rings (SSSR count). The Morgan fingerprint density at radius 3 is 2.42 bits per heavy atom. The van der Waals surface area contributed by atoms with Crippen molar-refractivity contribution in [3.8, 4) is 0 Å². The van der Waals surface area contributed by atoms with Gasteiger partial charge in [0.15, 0.2) is 11.8 Å². The van der Waals surface area contributed by atoms with E-state index in [0.717, 1.165) is 11.1 Å². The molecule has 1 spiro atoms. The predicted molar refractivity (Wildman–Crippen MR) is 83.8 cm³/mol. The number of nitro benzene ring substituents is 1. The fourth-order valence-corrected chi connectivity index (χ4v) is 4.30. The van der Waals surface area contributed by atoms with E-state index in [0.29, 0.717) is 48.9 Å². The van der Waals surface area contributed by atoms with Crippen molar-refractivity contribution in [3.05, 3.63) is 56.8 Å². The summed E-state index contributed by atoms with van der Waals surface area (Å²) in [5, 5.41) is 20.5. The molecule has 4 aliphatic heterocycles. The van der Waals surface area contributed by atoms with Crippen molar-refractivity contribution in [3.63, 3.8) is 0 Å². The number of nitro groups is 1. The van der Waals surface area contributed by atoms with Gasteiger partial charge in [0.2, 0.25) is 5.91 Å². The van der Waals surface area contributed by atoms with E-state index >= 15 is 0 Å². The van der Waals surface area contributed by atoms with Crippen LogP contribution in [0, 0.1) is 10.1 Å². The highest BCUT2D eigenvalue weighted by Crippen LogP contribution is 2.56. The zero-order valence-electron chi connectivity index (χ0n) is 12.6. The number of fused-ring (bicyclic) bond motifs is 4. The molecule has 0 saturated carbocycles. The fraction of sp³-hybridized carbons (Fsp3) is 0.312. The third-order valence-electron chi connectivity index (χ3n) is 5.20. The van der Waals surface area contributed by atoms with Crippen LogP contribution < -0.4 is 16.0 Å². The normalized spacial score (nSPS) is 22.4. The molecule has 1 amide bonds. The Morgan fingerprint density at radius 1 is 1.12 bits per heavy atom. The molecule has 0 aromatic heterocycles. The molecule has 0 aliphatic carbocycles. The minimum atomic E-state index is -1.00. The summed E-state index contributed by atoms with van der Waals surface area (Å²) >= 11 is 0. The monoisotopic (exact) mass is 326 g/mol. The number of rotatable bonds is 1. The van der Waals surface area contributed by atoms with Crippen LogP contribution in [0.15, 0.2) is 41.1 Å². The average Bonchev–Trinajstić information content (AvgIpc) is 3.26. The van der Waals surface area contributed by atoms with E-state index in [4.69, 9.17) is 4.74 Å². The van der Waals surface area contributed by atoms with Crippen LogP contribution in [0.2, 0.25) is 0 Å². The van der Waals surface area contributed by atoms with E-state index < -0.39 is 10.3 Å². The number of anilines is 1. The molecule has 8 nitrogen and oxygen atoms in total. The zero-order valence-corrected chi connectivity index (χ0v) is 12.6. The maximum Gasteiger partial charge on any atom is 0.293 e. The van der Waals surface area contributed by atoms with E-state index in [-0.39, 0.29) is 11.6 Å². The third kappa shape index (κ3) is 1.37. The summed E-state index contributed by atoms with van der Waals surface area (Å²) in [6.45, 7) is 1.37. The lowest BCUT2D eigenvalue weighted by Crippen LogP contribution is -2.41. The largest absolute Gasteiger partial charge is 0.425 e. The highest BCUT2D eigenvalue weighted by molar-refractivity contribution is 6.13. The van der Waals surface area contributed by atoms with E-state index in [1.165, 1.54) is 6.07 Å². The van der Waals surface area contributed by atoms with Gasteiger partial charge in [-0.15, -0.1) is 0 Å². The van der Waals surface area contributed by atoms with Gasteiger partial charge in [-0.1, -0.05) is 12.1 Å². The summed E-state index contributed by atoms with van der Waals surface area (Å²) in [6.07, 6.45) is 1.34. The molecule has 0 radical (unpaired) electrons. The van der Waals surface area contributed by atoms with Crippen molar-refractivity contribution >= 4 is 17.3 Å². The Balaban J connectivity index is 1.84. The zero-order chi connectivity index (χ0) is 16.5. The smallest absolute Gasteiger partial charge is 0.293 e. The Labute approximate surface area is 136 Å². The van der Waals surface area contributed by atoms with Gasteiger partial charge in [0.25, 0.3) is 5.69 Å². The summed E-state index contributed by atoms with van der Waals surface area (Å²) < 4.78 is 5.89. The molecule has 3 N–H and O–H groups in total. The number of carbonyl (C=O) groups is 1. The summed E-state index contributed by atoms with van der Waals surface area (Å²) in [4.78, 5) is 24.1. The molecule has 0 bridgehead atoms. The average molecular weight is 326 g/mol. The van der Waals surface area contributed by atoms with Gasteiger partial charge in [-0.05, 0) is 12.8 Å². The molecule has 0 saturated heterocycles. The SMILES string of the molecule is O=C1Nc2c([N+](=O)[O-])cccc2C12C1=C(NCC1)OC1=C2CCN1. The van der Waals surface area contributed by atoms with E-state index in [9.17, 15) is 14.9 Å². The number of hydrogen-bond donors (Lipinski definition) is 3.